The van der Waals surface area contributed by atoms with E-state index in [0.29, 0.717) is 11.3 Å². The van der Waals surface area contributed by atoms with E-state index in [9.17, 15) is 13.2 Å². The van der Waals surface area contributed by atoms with Crippen LogP contribution in [0.2, 0.25) is 5.02 Å². The molecular formula is C16H17Cl2F3N2O. The Morgan fingerprint density at radius 3 is 2.42 bits per heavy atom. The molecule has 2 heterocycles. The number of furan rings is 1. The molecule has 8 heteroatoms. The average Bonchev–Trinajstić information content (AvgIpc) is 3.01. The van der Waals surface area contributed by atoms with Crippen molar-refractivity contribution >= 4 is 24.0 Å². The Hall–Kier alpha value is -1.21. The molecule has 1 aromatic carbocycles. The minimum atomic E-state index is -4.45. The van der Waals surface area contributed by atoms with Crippen LogP contribution >= 0.6 is 24.0 Å². The molecule has 1 aliphatic heterocycles. The van der Waals surface area contributed by atoms with E-state index in [1.165, 1.54) is 12.1 Å². The van der Waals surface area contributed by atoms with Gasteiger partial charge in [0, 0.05) is 26.2 Å². The first-order valence-corrected chi connectivity index (χ1v) is 7.69. The Morgan fingerprint density at radius 2 is 1.88 bits per heavy atom. The van der Waals surface area contributed by atoms with Crippen LogP contribution in [0, 0.1) is 0 Å². The summed E-state index contributed by atoms with van der Waals surface area (Å²) >= 11 is 5.88. The molecule has 132 valence electrons. The van der Waals surface area contributed by atoms with E-state index < -0.39 is 11.7 Å². The first kappa shape index (κ1) is 19.1. The maximum absolute atomic E-state index is 12.9. The second-order valence-corrected chi connectivity index (χ2v) is 5.85. The minimum absolute atomic E-state index is 0. The monoisotopic (exact) mass is 380 g/mol. The molecule has 3 rings (SSSR count). The third-order valence-corrected chi connectivity index (χ3v) is 4.26. The highest BCUT2D eigenvalue weighted by molar-refractivity contribution is 6.31. The van der Waals surface area contributed by atoms with Gasteiger partial charge in [-0.3, -0.25) is 4.90 Å². The second kappa shape index (κ2) is 7.78. The van der Waals surface area contributed by atoms with Gasteiger partial charge in [-0.05, 0) is 29.8 Å². The van der Waals surface area contributed by atoms with Crippen LogP contribution in [0.1, 0.15) is 22.9 Å². The topological polar surface area (TPSA) is 28.4 Å². The lowest BCUT2D eigenvalue weighted by molar-refractivity contribution is -0.137. The fourth-order valence-corrected chi connectivity index (χ4v) is 3.17. The summed E-state index contributed by atoms with van der Waals surface area (Å²) in [6, 6.07) is 7.26. The molecular weight excluding hydrogens is 364 g/mol. The molecule has 0 saturated carbocycles. The first-order valence-electron chi connectivity index (χ1n) is 7.31. The number of alkyl halides is 3. The lowest BCUT2D eigenvalue weighted by atomic mass is 10.00. The Morgan fingerprint density at radius 1 is 1.17 bits per heavy atom. The third-order valence-electron chi connectivity index (χ3n) is 3.94. The standard InChI is InChI=1S/C16H16ClF3N2O.ClH/c17-13-10-11(3-4-12(13)16(18,19)20)15(14-2-1-9-23-14)22-7-5-21-6-8-22;/h1-4,9-10,15,21H,5-8H2;1H/t15-;/m1./s1. The van der Waals surface area contributed by atoms with Gasteiger partial charge in [-0.25, -0.2) is 0 Å². The molecule has 0 bridgehead atoms. The summed E-state index contributed by atoms with van der Waals surface area (Å²) in [6.07, 6.45) is -2.89. The van der Waals surface area contributed by atoms with Crippen molar-refractivity contribution in [3.8, 4) is 0 Å². The van der Waals surface area contributed by atoms with Crippen LogP contribution in [-0.2, 0) is 6.18 Å². The van der Waals surface area contributed by atoms with Crippen molar-refractivity contribution in [2.75, 3.05) is 26.2 Å². The van der Waals surface area contributed by atoms with Crippen LogP contribution in [0.15, 0.2) is 41.0 Å². The third kappa shape index (κ3) is 4.06. The highest BCUT2D eigenvalue weighted by Crippen LogP contribution is 2.38. The first-order chi connectivity index (χ1) is 11.0. The fraction of sp³-hybridized carbons (Fsp3) is 0.375. The summed E-state index contributed by atoms with van der Waals surface area (Å²) < 4.78 is 44.2. The fourth-order valence-electron chi connectivity index (χ4n) is 2.87. The molecule has 0 amide bonds. The molecule has 0 aliphatic carbocycles. The molecule has 3 nitrogen and oxygen atoms in total. The van der Waals surface area contributed by atoms with Crippen LogP contribution in [-0.4, -0.2) is 31.1 Å². The number of benzene rings is 1. The van der Waals surface area contributed by atoms with Crippen molar-refractivity contribution in [1.82, 2.24) is 10.2 Å². The number of rotatable bonds is 3. The zero-order valence-corrected chi connectivity index (χ0v) is 14.2. The van der Waals surface area contributed by atoms with Gasteiger partial charge < -0.3 is 9.73 Å². The van der Waals surface area contributed by atoms with Crippen molar-refractivity contribution < 1.29 is 17.6 Å². The van der Waals surface area contributed by atoms with Crippen LogP contribution < -0.4 is 5.32 Å². The van der Waals surface area contributed by atoms with E-state index in [0.717, 1.165) is 32.2 Å². The van der Waals surface area contributed by atoms with Crippen molar-refractivity contribution in [2.24, 2.45) is 0 Å². The van der Waals surface area contributed by atoms with Crippen molar-refractivity contribution in [2.45, 2.75) is 12.2 Å². The van der Waals surface area contributed by atoms with E-state index in [1.807, 2.05) is 6.07 Å². The molecule has 0 spiro atoms. The van der Waals surface area contributed by atoms with Crippen LogP contribution in [0.4, 0.5) is 13.2 Å². The SMILES string of the molecule is Cl.FC(F)(F)c1ccc([C@H](c2ccco2)N2CCNCC2)cc1Cl. The van der Waals surface area contributed by atoms with Gasteiger partial charge >= 0.3 is 6.18 Å². The summed E-state index contributed by atoms with van der Waals surface area (Å²) in [5.41, 5.74) is -0.124. The lowest BCUT2D eigenvalue weighted by Gasteiger charge is -2.34. The molecule has 1 aromatic heterocycles. The molecule has 0 radical (unpaired) electrons. The van der Waals surface area contributed by atoms with Crippen molar-refractivity contribution in [3.63, 3.8) is 0 Å². The number of hydrogen-bond acceptors (Lipinski definition) is 3. The summed E-state index contributed by atoms with van der Waals surface area (Å²) in [7, 11) is 0. The largest absolute Gasteiger partial charge is 0.467 e. The molecule has 2 aromatic rings. The number of nitrogens with zero attached hydrogens (tertiary/aromatic N) is 1. The molecule has 0 unspecified atom stereocenters. The smallest absolute Gasteiger partial charge is 0.417 e. The summed E-state index contributed by atoms with van der Waals surface area (Å²) in [4.78, 5) is 2.17. The van der Waals surface area contributed by atoms with E-state index in [1.54, 1.807) is 12.3 Å². The number of hydrogen-bond donors (Lipinski definition) is 1. The Kier molecular flexibility index (Phi) is 6.20. The van der Waals surface area contributed by atoms with Gasteiger partial charge in [0.2, 0.25) is 0 Å². The average molecular weight is 381 g/mol. The second-order valence-electron chi connectivity index (χ2n) is 5.44. The predicted molar refractivity (Wildman–Crippen MR) is 88.7 cm³/mol. The van der Waals surface area contributed by atoms with Gasteiger partial charge in [-0.1, -0.05) is 17.7 Å². The number of nitrogens with one attached hydrogen (secondary N) is 1. The molecule has 1 saturated heterocycles. The maximum atomic E-state index is 12.9. The predicted octanol–water partition coefficient (Wildman–Crippen LogP) is 4.37. The summed E-state index contributed by atoms with van der Waals surface area (Å²) in [5.74, 6) is 0.697. The van der Waals surface area contributed by atoms with Crippen LogP contribution in [0.3, 0.4) is 0 Å². The van der Waals surface area contributed by atoms with E-state index >= 15 is 0 Å². The Bertz CT molecular complexity index is 656. The highest BCUT2D eigenvalue weighted by atomic mass is 35.5. The quantitative estimate of drug-likeness (QED) is 0.856. The molecule has 24 heavy (non-hydrogen) atoms. The van der Waals surface area contributed by atoms with E-state index in [2.05, 4.69) is 10.2 Å². The van der Waals surface area contributed by atoms with Crippen molar-refractivity contribution in [3.05, 3.63) is 58.5 Å². The summed E-state index contributed by atoms with van der Waals surface area (Å²) in [6.45, 7) is 3.21. The zero-order valence-electron chi connectivity index (χ0n) is 12.6. The zero-order chi connectivity index (χ0) is 16.4. The van der Waals surface area contributed by atoms with Gasteiger partial charge in [0.15, 0.2) is 0 Å². The van der Waals surface area contributed by atoms with Gasteiger partial charge in [-0.2, -0.15) is 13.2 Å². The van der Waals surface area contributed by atoms with Gasteiger partial charge in [0.05, 0.1) is 22.9 Å². The Labute approximate surface area is 149 Å². The molecule has 1 aliphatic rings. The van der Waals surface area contributed by atoms with Gasteiger partial charge in [0.25, 0.3) is 0 Å². The minimum Gasteiger partial charge on any atom is -0.467 e. The van der Waals surface area contributed by atoms with Crippen LogP contribution in [0.25, 0.3) is 0 Å². The van der Waals surface area contributed by atoms with E-state index in [-0.39, 0.29) is 23.5 Å². The maximum Gasteiger partial charge on any atom is 0.417 e. The van der Waals surface area contributed by atoms with Gasteiger partial charge in [-0.15, -0.1) is 12.4 Å². The van der Waals surface area contributed by atoms with E-state index in [4.69, 9.17) is 16.0 Å². The summed E-state index contributed by atoms with van der Waals surface area (Å²) in [5, 5.41) is 2.97. The molecule has 1 fully saturated rings. The van der Waals surface area contributed by atoms with Gasteiger partial charge in [0.1, 0.15) is 5.76 Å². The number of piperazine rings is 1. The highest BCUT2D eigenvalue weighted by Gasteiger charge is 2.34. The molecule has 1 N–H and O–H groups in total. The normalized spacial score (nSPS) is 17.3. The molecule has 1 atom stereocenters. The Balaban J connectivity index is 0.00000208. The van der Waals surface area contributed by atoms with Crippen LogP contribution in [0.5, 0.6) is 0 Å². The van der Waals surface area contributed by atoms with Crippen molar-refractivity contribution in [1.29, 1.82) is 0 Å². The lowest BCUT2D eigenvalue weighted by Crippen LogP contribution is -2.45. The number of halogens is 5.